The molecule has 3 fully saturated rings. The summed E-state index contributed by atoms with van der Waals surface area (Å²) in [5.41, 5.74) is 5.99. The third-order valence-corrected chi connectivity index (χ3v) is 4.37. The molecule has 0 spiro atoms. The summed E-state index contributed by atoms with van der Waals surface area (Å²) in [7, 11) is 0. The van der Waals surface area contributed by atoms with E-state index < -0.39 is 0 Å². The van der Waals surface area contributed by atoms with Crippen molar-refractivity contribution in [2.24, 2.45) is 23.5 Å². The summed E-state index contributed by atoms with van der Waals surface area (Å²) >= 11 is 0. The van der Waals surface area contributed by atoms with Gasteiger partial charge >= 0.3 is 0 Å². The van der Waals surface area contributed by atoms with E-state index in [2.05, 4.69) is 5.32 Å². The Kier molecular flexibility index (Phi) is 3.19. The smallest absolute Gasteiger partial charge is 0.223 e. The van der Waals surface area contributed by atoms with Gasteiger partial charge in [-0.25, -0.2) is 0 Å². The van der Waals surface area contributed by atoms with Crippen LogP contribution in [0.4, 0.5) is 0 Å². The van der Waals surface area contributed by atoms with Crippen LogP contribution in [0.2, 0.25) is 0 Å². The topological polar surface area (TPSA) is 55.1 Å². The van der Waals surface area contributed by atoms with Gasteiger partial charge < -0.3 is 11.1 Å². The molecule has 1 amide bonds. The molecular formula is C12H21ClN2O. The molecule has 3 N–H and O–H groups in total. The lowest BCUT2D eigenvalue weighted by atomic mass is 9.78. The van der Waals surface area contributed by atoms with Crippen LogP contribution in [0.25, 0.3) is 0 Å². The Morgan fingerprint density at radius 2 is 2.06 bits per heavy atom. The molecule has 2 atom stereocenters. The molecule has 0 radical (unpaired) electrons. The molecule has 3 aliphatic rings. The summed E-state index contributed by atoms with van der Waals surface area (Å²) in [6.07, 6.45) is 7.22. The van der Waals surface area contributed by atoms with Crippen LogP contribution in [0.1, 0.15) is 38.5 Å². The highest BCUT2D eigenvalue weighted by Crippen LogP contribution is 2.54. The zero-order valence-corrected chi connectivity index (χ0v) is 10.4. The highest BCUT2D eigenvalue weighted by Gasteiger charge is 2.51. The van der Waals surface area contributed by atoms with Crippen LogP contribution < -0.4 is 11.1 Å². The van der Waals surface area contributed by atoms with Crippen LogP contribution in [0.3, 0.4) is 0 Å². The van der Waals surface area contributed by atoms with Crippen molar-refractivity contribution in [1.29, 1.82) is 0 Å². The Labute approximate surface area is 103 Å². The van der Waals surface area contributed by atoms with Gasteiger partial charge in [0.15, 0.2) is 0 Å². The second-order valence-electron chi connectivity index (χ2n) is 5.78. The minimum absolute atomic E-state index is 0. The summed E-state index contributed by atoms with van der Waals surface area (Å²) in [6.45, 7) is 0.694. The van der Waals surface area contributed by atoms with E-state index in [-0.39, 0.29) is 23.9 Å². The molecule has 4 heteroatoms. The number of halogens is 1. The maximum absolute atomic E-state index is 11.8. The van der Waals surface area contributed by atoms with Crippen molar-refractivity contribution in [1.82, 2.24) is 5.32 Å². The van der Waals surface area contributed by atoms with Crippen LogP contribution in [0, 0.1) is 17.8 Å². The Morgan fingerprint density at radius 1 is 1.38 bits per heavy atom. The average molecular weight is 245 g/mol. The zero-order valence-electron chi connectivity index (χ0n) is 9.58. The van der Waals surface area contributed by atoms with Crippen LogP contribution >= 0.6 is 12.4 Å². The molecular weight excluding hydrogens is 224 g/mol. The predicted octanol–water partition coefficient (Wildman–Crippen LogP) is 1.45. The second-order valence-corrected chi connectivity index (χ2v) is 5.78. The van der Waals surface area contributed by atoms with Crippen molar-refractivity contribution >= 4 is 18.3 Å². The molecule has 0 aromatic carbocycles. The van der Waals surface area contributed by atoms with Crippen molar-refractivity contribution in [2.45, 2.75) is 44.1 Å². The molecule has 3 nitrogen and oxygen atoms in total. The Balaban J connectivity index is 0.000000963. The van der Waals surface area contributed by atoms with Crippen LogP contribution in [0.5, 0.6) is 0 Å². The van der Waals surface area contributed by atoms with Gasteiger partial charge in [0.05, 0.1) is 0 Å². The van der Waals surface area contributed by atoms with Gasteiger partial charge in [-0.1, -0.05) is 0 Å². The summed E-state index contributed by atoms with van der Waals surface area (Å²) < 4.78 is 0. The third-order valence-electron chi connectivity index (χ3n) is 4.37. The van der Waals surface area contributed by atoms with E-state index in [4.69, 9.17) is 5.73 Å². The van der Waals surface area contributed by atoms with Gasteiger partial charge in [-0.3, -0.25) is 4.79 Å². The number of hydrogen-bond donors (Lipinski definition) is 2. The van der Waals surface area contributed by atoms with Crippen molar-refractivity contribution in [3.63, 3.8) is 0 Å². The van der Waals surface area contributed by atoms with E-state index >= 15 is 0 Å². The zero-order chi connectivity index (χ0) is 10.5. The fraction of sp³-hybridized carbons (Fsp3) is 0.917. The number of carbonyl (C=O) groups is 1. The van der Waals surface area contributed by atoms with Gasteiger partial charge in [-0.05, 0) is 50.4 Å². The first-order chi connectivity index (χ1) is 7.18. The Morgan fingerprint density at radius 3 is 2.56 bits per heavy atom. The summed E-state index contributed by atoms with van der Waals surface area (Å²) in [6, 6.07) is 0. The quantitative estimate of drug-likeness (QED) is 0.787. The number of nitrogens with one attached hydrogen (secondary N) is 1. The van der Waals surface area contributed by atoms with E-state index in [0.717, 1.165) is 31.1 Å². The monoisotopic (exact) mass is 244 g/mol. The number of amides is 1. The SMILES string of the molecule is Cl.NC1(CNC(=O)C2CC2C2CC2)CCC1. The average Bonchev–Trinajstić information content (AvgIpc) is 3.01. The van der Waals surface area contributed by atoms with Crippen molar-refractivity contribution < 1.29 is 4.79 Å². The predicted molar refractivity (Wildman–Crippen MR) is 65.3 cm³/mol. The maximum atomic E-state index is 11.8. The standard InChI is InChI=1S/C12H20N2O.ClH/c13-12(4-1-5-12)7-14-11(15)10-6-9(10)8-2-3-8;/h8-10H,1-7,13H2,(H,14,15);1H. The van der Waals surface area contributed by atoms with Gasteiger partial charge in [-0.2, -0.15) is 0 Å². The normalized spacial score (nSPS) is 34.6. The lowest BCUT2D eigenvalue weighted by molar-refractivity contribution is -0.123. The van der Waals surface area contributed by atoms with Crippen molar-refractivity contribution in [3.8, 4) is 0 Å². The third kappa shape index (κ3) is 2.35. The second kappa shape index (κ2) is 4.19. The van der Waals surface area contributed by atoms with Crippen LogP contribution in [-0.2, 0) is 4.79 Å². The molecule has 0 aromatic heterocycles. The van der Waals surface area contributed by atoms with Crippen molar-refractivity contribution in [3.05, 3.63) is 0 Å². The van der Waals surface area contributed by atoms with E-state index in [1.54, 1.807) is 0 Å². The molecule has 0 bridgehead atoms. The molecule has 0 saturated heterocycles. The first-order valence-electron chi connectivity index (χ1n) is 6.25. The lowest BCUT2D eigenvalue weighted by Gasteiger charge is -2.38. The van der Waals surface area contributed by atoms with Gasteiger partial charge in [0.25, 0.3) is 0 Å². The maximum Gasteiger partial charge on any atom is 0.223 e. The van der Waals surface area contributed by atoms with E-state index in [9.17, 15) is 4.79 Å². The molecule has 2 unspecified atom stereocenters. The largest absolute Gasteiger partial charge is 0.354 e. The molecule has 16 heavy (non-hydrogen) atoms. The van der Waals surface area contributed by atoms with Crippen LogP contribution in [0.15, 0.2) is 0 Å². The first-order valence-corrected chi connectivity index (χ1v) is 6.25. The van der Waals surface area contributed by atoms with Gasteiger partial charge in [0.2, 0.25) is 5.91 Å². The molecule has 0 aliphatic heterocycles. The lowest BCUT2D eigenvalue weighted by Crippen LogP contribution is -2.55. The molecule has 0 aromatic rings. The summed E-state index contributed by atoms with van der Waals surface area (Å²) in [5.74, 6) is 2.21. The minimum Gasteiger partial charge on any atom is -0.354 e. The molecule has 92 valence electrons. The number of nitrogens with two attached hydrogens (primary N) is 1. The van der Waals surface area contributed by atoms with Crippen LogP contribution in [-0.4, -0.2) is 18.0 Å². The summed E-state index contributed by atoms with van der Waals surface area (Å²) in [5, 5.41) is 3.04. The van der Waals surface area contributed by atoms with E-state index in [1.165, 1.54) is 19.3 Å². The fourth-order valence-corrected chi connectivity index (χ4v) is 2.76. The fourth-order valence-electron chi connectivity index (χ4n) is 2.76. The molecule has 0 heterocycles. The minimum atomic E-state index is -0.0698. The first kappa shape index (κ1) is 12.2. The van der Waals surface area contributed by atoms with Crippen molar-refractivity contribution in [2.75, 3.05) is 6.54 Å². The highest BCUT2D eigenvalue weighted by atomic mass is 35.5. The van der Waals surface area contributed by atoms with E-state index in [1.807, 2.05) is 0 Å². The molecule has 3 aliphatic carbocycles. The number of rotatable bonds is 4. The van der Waals surface area contributed by atoms with Gasteiger partial charge in [-0.15, -0.1) is 12.4 Å². The number of hydrogen-bond acceptors (Lipinski definition) is 2. The Bertz CT molecular complexity index is 287. The Hall–Kier alpha value is -0.280. The summed E-state index contributed by atoms with van der Waals surface area (Å²) in [4.78, 5) is 11.8. The van der Waals surface area contributed by atoms with Gasteiger partial charge in [0.1, 0.15) is 0 Å². The molecule has 3 rings (SSSR count). The number of carbonyl (C=O) groups excluding carboxylic acids is 1. The van der Waals surface area contributed by atoms with E-state index in [0.29, 0.717) is 12.5 Å². The molecule has 3 saturated carbocycles. The highest BCUT2D eigenvalue weighted by molar-refractivity contribution is 5.85. The van der Waals surface area contributed by atoms with Gasteiger partial charge in [0, 0.05) is 18.0 Å².